The molecule has 2 rings (SSSR count). The van der Waals surface area contributed by atoms with Gasteiger partial charge in [0.15, 0.2) is 0 Å². The van der Waals surface area contributed by atoms with E-state index in [2.05, 4.69) is 65.0 Å². The lowest BCUT2D eigenvalue weighted by atomic mass is 9.93. The van der Waals surface area contributed by atoms with E-state index >= 15 is 0 Å². The second-order valence-electron chi connectivity index (χ2n) is 5.85. The monoisotopic (exact) mass is 266 g/mol. The maximum atomic E-state index is 2.40. The minimum atomic E-state index is 1.05. The van der Waals surface area contributed by atoms with Gasteiger partial charge in [-0.1, -0.05) is 44.2 Å². The van der Waals surface area contributed by atoms with E-state index in [4.69, 9.17) is 0 Å². The van der Waals surface area contributed by atoms with Crippen molar-refractivity contribution in [3.05, 3.63) is 69.3 Å². The highest BCUT2D eigenvalue weighted by Crippen LogP contribution is 2.21. The van der Waals surface area contributed by atoms with Crippen LogP contribution in [0.5, 0.6) is 0 Å². The van der Waals surface area contributed by atoms with Crippen LogP contribution in [0.1, 0.15) is 52.8 Å². The molecule has 0 heterocycles. The second kappa shape index (κ2) is 6.26. The Morgan fingerprint density at radius 2 is 1.25 bits per heavy atom. The third-order valence-electron chi connectivity index (χ3n) is 4.36. The molecule has 0 aliphatic rings. The molecule has 0 radical (unpaired) electrons. The molecular weight excluding hydrogens is 240 g/mol. The first-order chi connectivity index (χ1) is 9.55. The number of benzene rings is 2. The van der Waals surface area contributed by atoms with E-state index in [1.807, 2.05) is 0 Å². The summed E-state index contributed by atoms with van der Waals surface area (Å²) in [6.45, 7) is 11.1. The number of rotatable bonds is 4. The van der Waals surface area contributed by atoms with Crippen molar-refractivity contribution in [1.29, 1.82) is 0 Å². The minimum Gasteiger partial charge on any atom is -0.0613 e. The molecule has 106 valence electrons. The van der Waals surface area contributed by atoms with Gasteiger partial charge in [-0.15, -0.1) is 0 Å². The SMILES string of the molecule is CCc1cc(Cc2cc(CC)c(C)cc2C)ccc1C. The van der Waals surface area contributed by atoms with Crippen LogP contribution in [0.3, 0.4) is 0 Å². The van der Waals surface area contributed by atoms with Gasteiger partial charge < -0.3 is 0 Å². The predicted octanol–water partition coefficient (Wildman–Crippen LogP) is 5.33. The molecule has 0 spiro atoms. The molecule has 2 aromatic rings. The zero-order valence-corrected chi connectivity index (χ0v) is 13.5. The first-order valence-corrected chi connectivity index (χ1v) is 7.72. The largest absolute Gasteiger partial charge is 0.0613 e. The lowest BCUT2D eigenvalue weighted by Gasteiger charge is -2.13. The molecule has 0 unspecified atom stereocenters. The molecule has 0 atom stereocenters. The lowest BCUT2D eigenvalue weighted by molar-refractivity contribution is 1.05. The molecule has 0 nitrogen and oxygen atoms in total. The van der Waals surface area contributed by atoms with Crippen molar-refractivity contribution >= 4 is 0 Å². The Morgan fingerprint density at radius 3 is 1.90 bits per heavy atom. The molecule has 0 saturated carbocycles. The highest BCUT2D eigenvalue weighted by atomic mass is 14.1. The molecule has 0 N–H and O–H groups in total. The van der Waals surface area contributed by atoms with Crippen LogP contribution in [0, 0.1) is 20.8 Å². The Morgan fingerprint density at radius 1 is 0.650 bits per heavy atom. The van der Waals surface area contributed by atoms with Crippen LogP contribution in [0.25, 0.3) is 0 Å². The Bertz CT molecular complexity index is 606. The topological polar surface area (TPSA) is 0 Å². The van der Waals surface area contributed by atoms with Gasteiger partial charge >= 0.3 is 0 Å². The molecule has 0 aliphatic carbocycles. The second-order valence-corrected chi connectivity index (χ2v) is 5.85. The fraction of sp³-hybridized carbons (Fsp3) is 0.400. The summed E-state index contributed by atoms with van der Waals surface area (Å²) in [6, 6.07) is 11.7. The first-order valence-electron chi connectivity index (χ1n) is 7.72. The zero-order chi connectivity index (χ0) is 14.7. The standard InChI is InChI=1S/C20H26/c1-6-18-11-17(9-8-14(18)3)12-20-13-19(7-2)15(4)10-16(20)5/h8-11,13H,6-7,12H2,1-5H3. The predicted molar refractivity (Wildman–Crippen MR) is 88.7 cm³/mol. The highest BCUT2D eigenvalue weighted by molar-refractivity contribution is 5.41. The smallest absolute Gasteiger partial charge is 0.00229 e. The van der Waals surface area contributed by atoms with Crippen molar-refractivity contribution in [3.63, 3.8) is 0 Å². The molecule has 2 aromatic carbocycles. The number of hydrogen-bond donors (Lipinski definition) is 0. The van der Waals surface area contributed by atoms with E-state index in [0.717, 1.165) is 19.3 Å². The fourth-order valence-corrected chi connectivity index (χ4v) is 2.96. The van der Waals surface area contributed by atoms with Gasteiger partial charge in [-0.3, -0.25) is 0 Å². The third-order valence-corrected chi connectivity index (χ3v) is 4.36. The maximum Gasteiger partial charge on any atom is -0.00229 e. The fourth-order valence-electron chi connectivity index (χ4n) is 2.96. The van der Waals surface area contributed by atoms with Crippen LogP contribution in [0.4, 0.5) is 0 Å². The third kappa shape index (κ3) is 3.12. The molecule has 0 heteroatoms. The van der Waals surface area contributed by atoms with Crippen LogP contribution in [-0.2, 0) is 19.3 Å². The average molecular weight is 266 g/mol. The molecule has 0 aliphatic heterocycles. The Hall–Kier alpha value is -1.56. The Labute approximate surface area is 123 Å². The van der Waals surface area contributed by atoms with Gasteiger partial charge in [0.2, 0.25) is 0 Å². The highest BCUT2D eigenvalue weighted by Gasteiger charge is 2.06. The molecule has 0 bridgehead atoms. The van der Waals surface area contributed by atoms with Crippen LogP contribution in [0.2, 0.25) is 0 Å². The molecule has 0 amide bonds. The minimum absolute atomic E-state index is 1.05. The summed E-state index contributed by atoms with van der Waals surface area (Å²) in [5, 5.41) is 0. The van der Waals surface area contributed by atoms with Crippen molar-refractivity contribution in [2.75, 3.05) is 0 Å². The van der Waals surface area contributed by atoms with Crippen molar-refractivity contribution in [3.8, 4) is 0 Å². The van der Waals surface area contributed by atoms with Gasteiger partial charge in [-0.2, -0.15) is 0 Å². The van der Waals surface area contributed by atoms with Crippen molar-refractivity contribution in [2.45, 2.75) is 53.9 Å². The van der Waals surface area contributed by atoms with Crippen molar-refractivity contribution in [2.24, 2.45) is 0 Å². The summed E-state index contributed by atoms with van der Waals surface area (Å²) in [5.74, 6) is 0. The average Bonchev–Trinajstić information content (AvgIpc) is 2.43. The molecular formula is C20H26. The maximum absolute atomic E-state index is 2.40. The zero-order valence-electron chi connectivity index (χ0n) is 13.5. The van der Waals surface area contributed by atoms with Crippen LogP contribution in [-0.4, -0.2) is 0 Å². The van der Waals surface area contributed by atoms with E-state index in [1.54, 1.807) is 0 Å². The van der Waals surface area contributed by atoms with Gasteiger partial charge in [-0.25, -0.2) is 0 Å². The van der Waals surface area contributed by atoms with Gasteiger partial charge in [0, 0.05) is 0 Å². The van der Waals surface area contributed by atoms with E-state index in [1.165, 1.54) is 38.9 Å². The molecule has 0 saturated heterocycles. The van der Waals surface area contributed by atoms with Crippen molar-refractivity contribution < 1.29 is 0 Å². The van der Waals surface area contributed by atoms with E-state index in [-0.39, 0.29) is 0 Å². The summed E-state index contributed by atoms with van der Waals surface area (Å²) < 4.78 is 0. The van der Waals surface area contributed by atoms with Gasteiger partial charge in [0.25, 0.3) is 0 Å². The van der Waals surface area contributed by atoms with Gasteiger partial charge in [0.1, 0.15) is 0 Å². The summed E-state index contributed by atoms with van der Waals surface area (Å²) in [6.07, 6.45) is 3.28. The first kappa shape index (κ1) is 14.8. The van der Waals surface area contributed by atoms with Gasteiger partial charge in [0.05, 0.1) is 0 Å². The number of aryl methyl sites for hydroxylation is 5. The summed E-state index contributed by atoms with van der Waals surface area (Å²) in [7, 11) is 0. The van der Waals surface area contributed by atoms with Crippen LogP contribution >= 0.6 is 0 Å². The van der Waals surface area contributed by atoms with E-state index < -0.39 is 0 Å². The number of hydrogen-bond acceptors (Lipinski definition) is 0. The molecule has 20 heavy (non-hydrogen) atoms. The summed E-state index contributed by atoms with van der Waals surface area (Å²) in [4.78, 5) is 0. The van der Waals surface area contributed by atoms with E-state index in [0.29, 0.717) is 0 Å². The normalized spacial score (nSPS) is 10.8. The Balaban J connectivity index is 2.34. The van der Waals surface area contributed by atoms with E-state index in [9.17, 15) is 0 Å². The molecule has 0 fully saturated rings. The Kier molecular flexibility index (Phi) is 4.65. The lowest BCUT2D eigenvalue weighted by Crippen LogP contribution is -1.98. The summed E-state index contributed by atoms with van der Waals surface area (Å²) >= 11 is 0. The van der Waals surface area contributed by atoms with Gasteiger partial charge in [-0.05, 0) is 79.0 Å². The van der Waals surface area contributed by atoms with Crippen LogP contribution < -0.4 is 0 Å². The summed E-state index contributed by atoms with van der Waals surface area (Å²) in [5.41, 5.74) is 10.1. The van der Waals surface area contributed by atoms with Crippen molar-refractivity contribution in [1.82, 2.24) is 0 Å². The quantitative estimate of drug-likeness (QED) is 0.702. The van der Waals surface area contributed by atoms with Crippen LogP contribution in [0.15, 0.2) is 30.3 Å². The molecule has 0 aromatic heterocycles.